The monoisotopic (exact) mass is 306 g/mol. The van der Waals surface area contributed by atoms with Gasteiger partial charge in [-0.15, -0.1) is 0 Å². The minimum Gasteiger partial charge on any atom is -0.368 e. The highest BCUT2D eigenvalue weighted by molar-refractivity contribution is 5.76. The number of carbonyl (C=O) groups is 1. The van der Waals surface area contributed by atoms with Gasteiger partial charge in [-0.2, -0.15) is 0 Å². The van der Waals surface area contributed by atoms with Gasteiger partial charge in [-0.05, 0) is 24.0 Å². The average molecular weight is 306 g/mol. The topological polar surface area (TPSA) is 46.3 Å². The van der Waals surface area contributed by atoms with Crippen LogP contribution >= 0.6 is 0 Å². The Hall–Kier alpha value is -2.55. The summed E-state index contributed by atoms with van der Waals surface area (Å²) < 4.78 is 0. The van der Waals surface area contributed by atoms with Crippen molar-refractivity contribution < 1.29 is 4.79 Å². The second-order valence-corrected chi connectivity index (χ2v) is 6.14. The van der Waals surface area contributed by atoms with Crippen LogP contribution in [-0.2, 0) is 11.2 Å². The second-order valence-electron chi connectivity index (χ2n) is 6.14. The molecule has 3 rings (SSSR count). The fourth-order valence-electron chi connectivity index (χ4n) is 3.50. The number of primary amides is 1. The van der Waals surface area contributed by atoms with Gasteiger partial charge in [0.2, 0.25) is 5.91 Å². The molecule has 1 aliphatic rings. The molecular weight excluding hydrogens is 284 g/mol. The number of hydrogen-bond donors (Lipinski definition) is 1. The van der Waals surface area contributed by atoms with Crippen molar-refractivity contribution >= 4 is 5.91 Å². The van der Waals surface area contributed by atoms with E-state index in [0.29, 0.717) is 5.92 Å². The zero-order chi connectivity index (χ0) is 16.2. The first-order chi connectivity index (χ1) is 11.1. The van der Waals surface area contributed by atoms with Crippen molar-refractivity contribution in [2.45, 2.75) is 24.8 Å². The Morgan fingerprint density at radius 3 is 2.30 bits per heavy atom. The van der Waals surface area contributed by atoms with Crippen molar-refractivity contribution in [3.63, 3.8) is 0 Å². The standard InChI is InChI=1S/C20H22N2O/c1-15-12-18(17-10-6-3-7-11-17)19(22(15)14-20(21)23)13-16-8-4-2-5-9-16/h2-11,18-19H,1,12-14H2,(H2,21,23). The van der Waals surface area contributed by atoms with Crippen molar-refractivity contribution in [3.05, 3.63) is 84.1 Å². The third-order valence-corrected chi connectivity index (χ3v) is 4.57. The van der Waals surface area contributed by atoms with E-state index in [4.69, 9.17) is 5.73 Å². The number of nitrogens with two attached hydrogens (primary N) is 1. The largest absolute Gasteiger partial charge is 0.368 e. The van der Waals surface area contributed by atoms with E-state index < -0.39 is 0 Å². The number of benzene rings is 2. The van der Waals surface area contributed by atoms with E-state index in [0.717, 1.165) is 18.5 Å². The molecule has 23 heavy (non-hydrogen) atoms. The van der Waals surface area contributed by atoms with Gasteiger partial charge in [0.25, 0.3) is 0 Å². The highest BCUT2D eigenvalue weighted by Crippen LogP contribution is 2.40. The predicted octanol–water partition coefficient (Wildman–Crippen LogP) is 3.09. The van der Waals surface area contributed by atoms with Gasteiger partial charge < -0.3 is 10.6 Å². The van der Waals surface area contributed by atoms with Crippen molar-refractivity contribution in [2.75, 3.05) is 6.54 Å². The van der Waals surface area contributed by atoms with Gasteiger partial charge in [0.05, 0.1) is 6.54 Å². The van der Waals surface area contributed by atoms with Gasteiger partial charge >= 0.3 is 0 Å². The lowest BCUT2D eigenvalue weighted by Gasteiger charge is -2.29. The van der Waals surface area contributed by atoms with Crippen LogP contribution in [0.15, 0.2) is 72.9 Å². The first-order valence-electron chi connectivity index (χ1n) is 7.96. The number of carbonyl (C=O) groups excluding carboxylic acids is 1. The van der Waals surface area contributed by atoms with E-state index in [1.807, 2.05) is 12.1 Å². The van der Waals surface area contributed by atoms with E-state index in [-0.39, 0.29) is 18.5 Å². The quantitative estimate of drug-likeness (QED) is 0.922. The molecular formula is C20H22N2O. The van der Waals surface area contributed by atoms with Gasteiger partial charge in [-0.25, -0.2) is 0 Å². The van der Waals surface area contributed by atoms with E-state index in [1.54, 1.807) is 0 Å². The molecule has 1 heterocycles. The zero-order valence-electron chi connectivity index (χ0n) is 13.2. The predicted molar refractivity (Wildman–Crippen MR) is 92.8 cm³/mol. The van der Waals surface area contributed by atoms with Gasteiger partial charge in [0, 0.05) is 17.7 Å². The first-order valence-corrected chi connectivity index (χ1v) is 7.96. The lowest BCUT2D eigenvalue weighted by atomic mass is 9.88. The Labute approximate surface area is 137 Å². The molecule has 0 radical (unpaired) electrons. The SMILES string of the molecule is C=C1CC(c2ccccc2)C(Cc2ccccc2)N1CC(N)=O. The van der Waals surface area contributed by atoms with Gasteiger partial charge in [0.15, 0.2) is 0 Å². The summed E-state index contributed by atoms with van der Waals surface area (Å²) in [6.45, 7) is 4.41. The lowest BCUT2D eigenvalue weighted by Crippen LogP contribution is -2.39. The summed E-state index contributed by atoms with van der Waals surface area (Å²) in [6.07, 6.45) is 1.75. The Morgan fingerprint density at radius 1 is 1.09 bits per heavy atom. The number of rotatable bonds is 5. The molecule has 1 fully saturated rings. The summed E-state index contributed by atoms with van der Waals surface area (Å²) in [6, 6.07) is 21.1. The molecule has 0 saturated carbocycles. The molecule has 0 bridgehead atoms. The van der Waals surface area contributed by atoms with Gasteiger partial charge in [0.1, 0.15) is 0 Å². The number of allylic oxidation sites excluding steroid dienone is 1. The fraction of sp³-hybridized carbons (Fsp3) is 0.250. The smallest absolute Gasteiger partial charge is 0.236 e. The maximum absolute atomic E-state index is 11.5. The van der Waals surface area contributed by atoms with Crippen molar-refractivity contribution in [2.24, 2.45) is 5.73 Å². The molecule has 1 saturated heterocycles. The van der Waals surface area contributed by atoms with Crippen molar-refractivity contribution in [1.82, 2.24) is 4.90 Å². The summed E-state index contributed by atoms with van der Waals surface area (Å²) in [7, 11) is 0. The van der Waals surface area contributed by atoms with Crippen LogP contribution < -0.4 is 5.73 Å². The molecule has 0 spiro atoms. The molecule has 3 heteroatoms. The average Bonchev–Trinajstić information content (AvgIpc) is 2.85. The Kier molecular flexibility index (Phi) is 4.47. The number of hydrogen-bond acceptors (Lipinski definition) is 2. The fourth-order valence-corrected chi connectivity index (χ4v) is 3.50. The van der Waals surface area contributed by atoms with Crippen LogP contribution in [0.3, 0.4) is 0 Å². The van der Waals surface area contributed by atoms with Crippen LogP contribution in [-0.4, -0.2) is 23.4 Å². The highest BCUT2D eigenvalue weighted by Gasteiger charge is 2.37. The molecule has 1 amide bonds. The third kappa shape index (κ3) is 3.45. The van der Waals surface area contributed by atoms with Gasteiger partial charge in [-0.1, -0.05) is 67.2 Å². The maximum atomic E-state index is 11.5. The van der Waals surface area contributed by atoms with E-state index in [2.05, 4.69) is 60.0 Å². The zero-order valence-corrected chi connectivity index (χ0v) is 13.2. The van der Waals surface area contributed by atoms with Gasteiger partial charge in [-0.3, -0.25) is 4.79 Å². The summed E-state index contributed by atoms with van der Waals surface area (Å²) in [5.74, 6) is 0.0289. The van der Waals surface area contributed by atoms with Crippen LogP contribution in [0.4, 0.5) is 0 Å². The number of nitrogens with zero attached hydrogens (tertiary/aromatic N) is 1. The molecule has 2 N–H and O–H groups in total. The van der Waals surface area contributed by atoms with E-state index in [1.165, 1.54) is 11.1 Å². The summed E-state index contributed by atoms with van der Waals surface area (Å²) in [5, 5.41) is 0. The van der Waals surface area contributed by atoms with E-state index in [9.17, 15) is 4.79 Å². The summed E-state index contributed by atoms with van der Waals surface area (Å²) in [5.41, 5.74) is 9.01. The van der Waals surface area contributed by atoms with E-state index >= 15 is 0 Å². The molecule has 2 atom stereocenters. The number of likely N-dealkylation sites (tertiary alicyclic amines) is 1. The molecule has 1 aliphatic heterocycles. The Bertz CT molecular complexity index is 681. The molecule has 0 aliphatic carbocycles. The Balaban J connectivity index is 1.91. The maximum Gasteiger partial charge on any atom is 0.236 e. The minimum atomic E-state index is -0.307. The first kappa shape index (κ1) is 15.3. The van der Waals surface area contributed by atoms with Crippen LogP contribution in [0.5, 0.6) is 0 Å². The molecule has 2 aromatic carbocycles. The minimum absolute atomic E-state index is 0.208. The Morgan fingerprint density at radius 2 is 1.70 bits per heavy atom. The van der Waals surface area contributed by atoms with Crippen LogP contribution in [0, 0.1) is 0 Å². The second kappa shape index (κ2) is 6.69. The lowest BCUT2D eigenvalue weighted by molar-refractivity contribution is -0.119. The van der Waals surface area contributed by atoms with Crippen LogP contribution in [0.2, 0.25) is 0 Å². The summed E-state index contributed by atoms with van der Waals surface area (Å²) in [4.78, 5) is 13.6. The third-order valence-electron chi connectivity index (χ3n) is 4.57. The molecule has 118 valence electrons. The molecule has 2 unspecified atom stereocenters. The highest BCUT2D eigenvalue weighted by atomic mass is 16.1. The molecule has 2 aromatic rings. The van der Waals surface area contributed by atoms with Crippen molar-refractivity contribution in [3.8, 4) is 0 Å². The van der Waals surface area contributed by atoms with Crippen LogP contribution in [0.25, 0.3) is 0 Å². The molecule has 0 aromatic heterocycles. The molecule has 3 nitrogen and oxygen atoms in total. The normalized spacial score (nSPS) is 20.7. The van der Waals surface area contributed by atoms with Crippen molar-refractivity contribution in [1.29, 1.82) is 0 Å². The summed E-state index contributed by atoms with van der Waals surface area (Å²) >= 11 is 0. The number of amides is 1. The van der Waals surface area contributed by atoms with Crippen LogP contribution in [0.1, 0.15) is 23.5 Å².